The van der Waals surface area contributed by atoms with E-state index in [0.29, 0.717) is 24.5 Å². The summed E-state index contributed by atoms with van der Waals surface area (Å²) in [5, 5.41) is 2.76. The van der Waals surface area contributed by atoms with Gasteiger partial charge < -0.3 is 19.7 Å². The molecule has 3 rings (SSSR count). The van der Waals surface area contributed by atoms with Crippen molar-refractivity contribution in [3.8, 4) is 5.75 Å². The predicted octanol–water partition coefficient (Wildman–Crippen LogP) is 2.03. The Bertz CT molecular complexity index is 968. The Morgan fingerprint density at radius 3 is 2.34 bits per heavy atom. The van der Waals surface area contributed by atoms with E-state index >= 15 is 0 Å². The molecule has 1 aliphatic heterocycles. The number of ether oxygens (including phenoxy) is 2. The number of benzene rings is 2. The Balaban J connectivity index is 1.85. The van der Waals surface area contributed by atoms with Crippen LogP contribution in [-0.2, 0) is 14.8 Å². The summed E-state index contributed by atoms with van der Waals surface area (Å²) in [6, 6.07) is 11.7. The maximum Gasteiger partial charge on any atom is 0.255 e. The van der Waals surface area contributed by atoms with E-state index in [2.05, 4.69) is 5.32 Å². The number of carbonyl (C=O) groups is 1. The number of amides is 1. The zero-order chi connectivity index (χ0) is 21.0. The minimum Gasteiger partial charge on any atom is -0.495 e. The number of anilines is 2. The van der Waals surface area contributed by atoms with Crippen LogP contribution in [0, 0.1) is 0 Å². The highest BCUT2D eigenvalue weighted by Gasteiger charge is 2.29. The van der Waals surface area contributed by atoms with Crippen LogP contribution >= 0.6 is 0 Å². The van der Waals surface area contributed by atoms with E-state index in [0.717, 1.165) is 5.69 Å². The van der Waals surface area contributed by atoms with Crippen LogP contribution in [0.1, 0.15) is 10.4 Å². The van der Waals surface area contributed by atoms with E-state index in [1.165, 1.54) is 23.5 Å². The lowest BCUT2D eigenvalue weighted by Gasteiger charge is -2.26. The van der Waals surface area contributed by atoms with Gasteiger partial charge in [0.1, 0.15) is 10.6 Å². The molecule has 156 valence electrons. The van der Waals surface area contributed by atoms with Gasteiger partial charge in [0.05, 0.1) is 20.3 Å². The summed E-state index contributed by atoms with van der Waals surface area (Å²) >= 11 is 0. The van der Waals surface area contributed by atoms with Crippen molar-refractivity contribution < 1.29 is 22.7 Å². The molecule has 0 aliphatic carbocycles. The molecule has 8 nitrogen and oxygen atoms in total. The number of hydrogen-bond donors (Lipinski definition) is 1. The number of morpholine rings is 1. The van der Waals surface area contributed by atoms with Gasteiger partial charge >= 0.3 is 0 Å². The van der Waals surface area contributed by atoms with Crippen molar-refractivity contribution in [2.24, 2.45) is 0 Å². The van der Waals surface area contributed by atoms with Gasteiger partial charge in [-0.1, -0.05) is 0 Å². The fourth-order valence-corrected chi connectivity index (χ4v) is 4.59. The summed E-state index contributed by atoms with van der Waals surface area (Å²) in [5.41, 5.74) is 1.83. The molecule has 1 fully saturated rings. The molecule has 1 amide bonds. The van der Waals surface area contributed by atoms with Crippen LogP contribution in [0.2, 0.25) is 0 Å². The van der Waals surface area contributed by atoms with Crippen molar-refractivity contribution in [1.82, 2.24) is 4.31 Å². The lowest BCUT2D eigenvalue weighted by molar-refractivity contribution is 0.0729. The number of nitrogens with one attached hydrogen (secondary N) is 1. The van der Waals surface area contributed by atoms with Gasteiger partial charge in [-0.25, -0.2) is 8.42 Å². The molecular weight excluding hydrogens is 394 g/mol. The summed E-state index contributed by atoms with van der Waals surface area (Å²) in [7, 11) is 1.48. The molecule has 0 unspecified atom stereocenters. The molecule has 0 spiro atoms. The van der Waals surface area contributed by atoms with Gasteiger partial charge in [-0.2, -0.15) is 4.31 Å². The second-order valence-electron chi connectivity index (χ2n) is 6.78. The molecule has 0 saturated carbocycles. The van der Waals surface area contributed by atoms with Crippen LogP contribution in [-0.4, -0.2) is 66.1 Å². The van der Waals surface area contributed by atoms with Crippen molar-refractivity contribution in [3.63, 3.8) is 0 Å². The fraction of sp³-hybridized carbons (Fsp3) is 0.350. The normalized spacial score (nSPS) is 15.0. The average molecular weight is 420 g/mol. The second kappa shape index (κ2) is 8.81. The molecule has 0 radical (unpaired) electrons. The number of nitrogens with zero attached hydrogens (tertiary/aromatic N) is 2. The topological polar surface area (TPSA) is 88.2 Å². The van der Waals surface area contributed by atoms with E-state index in [1.807, 2.05) is 31.1 Å². The molecule has 0 aromatic heterocycles. The first-order valence-electron chi connectivity index (χ1n) is 9.17. The maximum atomic E-state index is 13.0. The van der Waals surface area contributed by atoms with Gasteiger partial charge in [0, 0.05) is 44.1 Å². The Labute approximate surface area is 171 Å². The lowest BCUT2D eigenvalue weighted by Crippen LogP contribution is -2.40. The molecule has 29 heavy (non-hydrogen) atoms. The standard InChI is InChI=1S/C20H25N3O5S/c1-22(2)17-7-4-15(5-8-17)20(24)21-16-6-9-18(27-3)19(14-16)29(25,26)23-10-12-28-13-11-23/h4-9,14H,10-13H2,1-3H3,(H,21,24). The van der Waals surface area contributed by atoms with Crippen LogP contribution in [0.15, 0.2) is 47.4 Å². The highest BCUT2D eigenvalue weighted by molar-refractivity contribution is 7.89. The summed E-state index contributed by atoms with van der Waals surface area (Å²) in [6.45, 7) is 1.25. The fourth-order valence-electron chi connectivity index (χ4n) is 3.00. The monoisotopic (exact) mass is 419 g/mol. The molecule has 0 atom stereocenters. The van der Waals surface area contributed by atoms with E-state index < -0.39 is 10.0 Å². The van der Waals surface area contributed by atoms with Gasteiger partial charge in [-0.05, 0) is 42.5 Å². The van der Waals surface area contributed by atoms with Crippen LogP contribution in [0.25, 0.3) is 0 Å². The molecule has 2 aromatic carbocycles. The van der Waals surface area contributed by atoms with Crippen molar-refractivity contribution in [3.05, 3.63) is 48.0 Å². The number of carbonyl (C=O) groups excluding carboxylic acids is 1. The third-order valence-corrected chi connectivity index (χ3v) is 6.58. The Morgan fingerprint density at radius 2 is 1.76 bits per heavy atom. The summed E-state index contributed by atoms with van der Waals surface area (Å²) < 4.78 is 37.9. The quantitative estimate of drug-likeness (QED) is 0.771. The first-order valence-corrected chi connectivity index (χ1v) is 10.6. The summed E-state index contributed by atoms with van der Waals surface area (Å²) in [4.78, 5) is 14.5. The van der Waals surface area contributed by atoms with E-state index in [-0.39, 0.29) is 29.6 Å². The highest BCUT2D eigenvalue weighted by Crippen LogP contribution is 2.30. The Morgan fingerprint density at radius 1 is 1.10 bits per heavy atom. The number of rotatable bonds is 6. The zero-order valence-corrected chi connectivity index (χ0v) is 17.5. The number of hydrogen-bond acceptors (Lipinski definition) is 6. The molecule has 1 N–H and O–H groups in total. The van der Waals surface area contributed by atoms with Crippen molar-refractivity contribution in [2.45, 2.75) is 4.90 Å². The molecule has 0 bridgehead atoms. The van der Waals surface area contributed by atoms with E-state index in [9.17, 15) is 13.2 Å². The largest absolute Gasteiger partial charge is 0.495 e. The minimum atomic E-state index is -3.77. The van der Waals surface area contributed by atoms with Crippen molar-refractivity contribution in [2.75, 3.05) is 57.7 Å². The van der Waals surface area contributed by atoms with Crippen LogP contribution in [0.4, 0.5) is 11.4 Å². The maximum absolute atomic E-state index is 13.0. The average Bonchev–Trinajstić information content (AvgIpc) is 2.74. The van der Waals surface area contributed by atoms with Crippen LogP contribution in [0.3, 0.4) is 0 Å². The first-order chi connectivity index (χ1) is 13.8. The smallest absolute Gasteiger partial charge is 0.255 e. The van der Waals surface area contributed by atoms with Crippen LogP contribution in [0.5, 0.6) is 5.75 Å². The van der Waals surface area contributed by atoms with Gasteiger partial charge in [0.2, 0.25) is 10.0 Å². The molecule has 2 aromatic rings. The van der Waals surface area contributed by atoms with Gasteiger partial charge in [0.25, 0.3) is 5.91 Å². The lowest BCUT2D eigenvalue weighted by atomic mass is 10.2. The van der Waals surface area contributed by atoms with Crippen LogP contribution < -0.4 is 15.0 Å². The molecular formula is C20H25N3O5S. The number of methoxy groups -OCH3 is 1. The molecule has 1 heterocycles. The summed E-state index contributed by atoms with van der Waals surface area (Å²) in [5.74, 6) is -0.0972. The van der Waals surface area contributed by atoms with Crippen molar-refractivity contribution in [1.29, 1.82) is 0 Å². The van der Waals surface area contributed by atoms with E-state index in [1.54, 1.807) is 18.2 Å². The second-order valence-corrected chi connectivity index (χ2v) is 8.68. The highest BCUT2D eigenvalue weighted by atomic mass is 32.2. The van der Waals surface area contributed by atoms with Gasteiger partial charge in [-0.3, -0.25) is 4.79 Å². The van der Waals surface area contributed by atoms with Crippen molar-refractivity contribution >= 4 is 27.3 Å². The summed E-state index contributed by atoms with van der Waals surface area (Å²) in [6.07, 6.45) is 0. The number of sulfonamides is 1. The zero-order valence-electron chi connectivity index (χ0n) is 16.7. The Kier molecular flexibility index (Phi) is 6.41. The first kappa shape index (κ1) is 21.1. The Hall–Kier alpha value is -2.62. The third kappa shape index (κ3) is 4.69. The minimum absolute atomic E-state index is 0.0163. The van der Waals surface area contributed by atoms with Gasteiger partial charge in [0.15, 0.2) is 0 Å². The molecule has 9 heteroatoms. The predicted molar refractivity (Wildman–Crippen MR) is 111 cm³/mol. The molecule has 1 aliphatic rings. The third-order valence-electron chi connectivity index (χ3n) is 4.66. The van der Waals surface area contributed by atoms with Gasteiger partial charge in [-0.15, -0.1) is 0 Å². The van der Waals surface area contributed by atoms with E-state index in [4.69, 9.17) is 9.47 Å². The SMILES string of the molecule is COc1ccc(NC(=O)c2ccc(N(C)C)cc2)cc1S(=O)(=O)N1CCOCC1. The molecule has 1 saturated heterocycles.